The van der Waals surface area contributed by atoms with Crippen molar-refractivity contribution in [2.75, 3.05) is 13.1 Å². The lowest BCUT2D eigenvalue weighted by atomic mass is 10.1. The molecule has 0 atom stereocenters. The van der Waals surface area contributed by atoms with Crippen molar-refractivity contribution in [1.82, 2.24) is 4.90 Å². The third-order valence-corrected chi connectivity index (χ3v) is 4.35. The molecule has 150 valence electrons. The Balaban J connectivity index is 1.43. The molecule has 0 radical (unpaired) electrons. The van der Waals surface area contributed by atoms with E-state index in [1.54, 1.807) is 6.07 Å². The van der Waals surface area contributed by atoms with Crippen molar-refractivity contribution < 1.29 is 27.3 Å². The molecule has 0 N–H and O–H groups in total. The van der Waals surface area contributed by atoms with E-state index in [1.165, 1.54) is 18.2 Å². The van der Waals surface area contributed by atoms with Crippen molar-refractivity contribution in [2.45, 2.75) is 32.2 Å². The van der Waals surface area contributed by atoms with Crippen molar-refractivity contribution in [1.29, 1.82) is 0 Å². The second-order valence-electron chi connectivity index (χ2n) is 6.40. The van der Waals surface area contributed by atoms with Crippen LogP contribution >= 0.6 is 0 Å². The molecule has 28 heavy (non-hydrogen) atoms. The number of nitro groups is 1. The van der Waals surface area contributed by atoms with Crippen LogP contribution in [0.4, 0.5) is 19.1 Å². The molecular weight excluding hydrogens is 379 g/mol. The molecule has 2 aromatic rings. The SMILES string of the molecule is O=[N+]([O-])c1ccc(CN2CCC(=NOCc3ccc(C(F)(F)F)cc3)CC2)o1. The molecule has 2 heterocycles. The Kier molecular flexibility index (Phi) is 5.98. The normalized spacial score (nSPS) is 15.5. The summed E-state index contributed by atoms with van der Waals surface area (Å²) < 4.78 is 42.7. The van der Waals surface area contributed by atoms with Gasteiger partial charge in [0.1, 0.15) is 17.3 Å². The van der Waals surface area contributed by atoms with Gasteiger partial charge in [0.25, 0.3) is 0 Å². The fraction of sp³-hybridized carbons (Fsp3) is 0.389. The molecule has 1 saturated heterocycles. The second-order valence-corrected chi connectivity index (χ2v) is 6.40. The number of alkyl halides is 3. The van der Waals surface area contributed by atoms with Gasteiger partial charge in [-0.15, -0.1) is 0 Å². The van der Waals surface area contributed by atoms with Gasteiger partial charge >= 0.3 is 12.1 Å². The molecule has 7 nitrogen and oxygen atoms in total. The molecule has 1 aliphatic rings. The third-order valence-electron chi connectivity index (χ3n) is 4.35. The molecule has 1 aliphatic heterocycles. The topological polar surface area (TPSA) is 81.1 Å². The van der Waals surface area contributed by atoms with Crippen LogP contribution in [0.1, 0.15) is 29.7 Å². The van der Waals surface area contributed by atoms with Crippen LogP contribution in [-0.2, 0) is 24.2 Å². The van der Waals surface area contributed by atoms with Gasteiger partial charge in [-0.25, -0.2) is 0 Å². The Morgan fingerprint density at radius 1 is 1.14 bits per heavy atom. The molecule has 1 aromatic heterocycles. The third kappa shape index (κ3) is 5.32. The Morgan fingerprint density at radius 2 is 1.82 bits per heavy atom. The van der Waals surface area contributed by atoms with Gasteiger partial charge in [-0.05, 0) is 23.8 Å². The minimum atomic E-state index is -4.35. The van der Waals surface area contributed by atoms with E-state index in [-0.39, 0.29) is 12.5 Å². The van der Waals surface area contributed by atoms with E-state index in [0.29, 0.717) is 43.8 Å². The average molecular weight is 397 g/mol. The standard InChI is InChI=1S/C18H18F3N3O4/c19-18(20,21)14-3-1-13(2-4-14)12-27-22-15-7-9-23(10-8-15)11-16-5-6-17(28-16)24(25)26/h1-6H,7-12H2. The summed E-state index contributed by atoms with van der Waals surface area (Å²) in [7, 11) is 0. The van der Waals surface area contributed by atoms with E-state index in [4.69, 9.17) is 9.25 Å². The average Bonchev–Trinajstić information content (AvgIpc) is 3.12. The maximum absolute atomic E-state index is 12.5. The highest BCUT2D eigenvalue weighted by atomic mass is 19.4. The molecule has 1 fully saturated rings. The molecule has 10 heteroatoms. The Labute approximate surface area is 158 Å². The highest BCUT2D eigenvalue weighted by Crippen LogP contribution is 2.29. The minimum Gasteiger partial charge on any atom is -0.404 e. The summed E-state index contributed by atoms with van der Waals surface area (Å²) in [6.07, 6.45) is -3.00. The number of benzene rings is 1. The summed E-state index contributed by atoms with van der Waals surface area (Å²) in [6, 6.07) is 7.70. The largest absolute Gasteiger partial charge is 0.433 e. The summed E-state index contributed by atoms with van der Waals surface area (Å²) in [5.41, 5.74) is 0.777. The lowest BCUT2D eigenvalue weighted by Gasteiger charge is -2.26. The molecule has 0 amide bonds. The number of likely N-dealkylation sites (tertiary alicyclic amines) is 1. The second kappa shape index (κ2) is 8.42. The monoisotopic (exact) mass is 397 g/mol. The van der Waals surface area contributed by atoms with Crippen molar-refractivity contribution in [3.63, 3.8) is 0 Å². The summed E-state index contributed by atoms with van der Waals surface area (Å²) in [4.78, 5) is 17.4. The Hall–Kier alpha value is -2.88. The fourth-order valence-electron chi connectivity index (χ4n) is 2.82. The Bertz CT molecular complexity index is 837. The first kappa shape index (κ1) is 19.9. The van der Waals surface area contributed by atoms with E-state index in [9.17, 15) is 23.3 Å². The first-order chi connectivity index (χ1) is 13.3. The Morgan fingerprint density at radius 3 is 2.39 bits per heavy atom. The number of hydrogen-bond acceptors (Lipinski definition) is 6. The van der Waals surface area contributed by atoms with Gasteiger partial charge < -0.3 is 9.25 Å². The number of oxime groups is 1. The van der Waals surface area contributed by atoms with Gasteiger partial charge in [0.2, 0.25) is 0 Å². The molecule has 0 unspecified atom stereocenters. The molecule has 0 saturated carbocycles. The van der Waals surface area contributed by atoms with Gasteiger partial charge in [-0.3, -0.25) is 15.0 Å². The highest BCUT2D eigenvalue weighted by Gasteiger charge is 2.29. The van der Waals surface area contributed by atoms with Crippen LogP contribution in [-0.4, -0.2) is 28.6 Å². The fourth-order valence-corrected chi connectivity index (χ4v) is 2.82. The predicted molar refractivity (Wildman–Crippen MR) is 93.5 cm³/mol. The first-order valence-electron chi connectivity index (χ1n) is 8.60. The maximum Gasteiger partial charge on any atom is 0.433 e. The number of piperidine rings is 1. The summed E-state index contributed by atoms with van der Waals surface area (Å²) in [5, 5.41) is 14.7. The molecule has 1 aromatic carbocycles. The number of hydrogen-bond donors (Lipinski definition) is 0. The van der Waals surface area contributed by atoms with Gasteiger partial charge in [-0.2, -0.15) is 13.2 Å². The van der Waals surface area contributed by atoms with Crippen LogP contribution in [0.3, 0.4) is 0 Å². The van der Waals surface area contributed by atoms with E-state index in [2.05, 4.69) is 10.1 Å². The molecular formula is C18H18F3N3O4. The lowest BCUT2D eigenvalue weighted by Crippen LogP contribution is -2.33. The van der Waals surface area contributed by atoms with Gasteiger partial charge in [0.15, 0.2) is 0 Å². The summed E-state index contributed by atoms with van der Waals surface area (Å²) in [5.74, 6) is 0.261. The zero-order chi connectivity index (χ0) is 20.1. The minimum absolute atomic E-state index is 0.0986. The van der Waals surface area contributed by atoms with Crippen molar-refractivity contribution >= 4 is 11.6 Å². The van der Waals surface area contributed by atoms with Gasteiger partial charge in [-0.1, -0.05) is 17.3 Å². The summed E-state index contributed by atoms with van der Waals surface area (Å²) >= 11 is 0. The molecule has 0 spiro atoms. The highest BCUT2D eigenvalue weighted by molar-refractivity contribution is 5.84. The van der Waals surface area contributed by atoms with Gasteiger partial charge in [0, 0.05) is 25.9 Å². The smallest absolute Gasteiger partial charge is 0.404 e. The van der Waals surface area contributed by atoms with Crippen molar-refractivity contribution in [3.8, 4) is 0 Å². The van der Waals surface area contributed by atoms with Crippen LogP contribution in [0.15, 0.2) is 46.0 Å². The molecule has 0 aliphatic carbocycles. The van der Waals surface area contributed by atoms with E-state index in [0.717, 1.165) is 17.8 Å². The number of nitrogens with zero attached hydrogens (tertiary/aromatic N) is 3. The summed E-state index contributed by atoms with van der Waals surface area (Å²) in [6.45, 7) is 1.99. The zero-order valence-corrected chi connectivity index (χ0v) is 14.8. The zero-order valence-electron chi connectivity index (χ0n) is 14.8. The first-order valence-corrected chi connectivity index (χ1v) is 8.60. The number of furan rings is 1. The number of halogens is 3. The van der Waals surface area contributed by atoms with Crippen LogP contribution in [0.5, 0.6) is 0 Å². The van der Waals surface area contributed by atoms with Crippen molar-refractivity contribution in [2.24, 2.45) is 5.16 Å². The van der Waals surface area contributed by atoms with E-state index < -0.39 is 16.7 Å². The van der Waals surface area contributed by atoms with E-state index in [1.807, 2.05) is 0 Å². The van der Waals surface area contributed by atoms with Gasteiger partial charge in [0.05, 0.1) is 23.9 Å². The van der Waals surface area contributed by atoms with Crippen LogP contribution in [0.25, 0.3) is 0 Å². The lowest BCUT2D eigenvalue weighted by molar-refractivity contribution is -0.402. The molecule has 3 rings (SSSR count). The van der Waals surface area contributed by atoms with Crippen molar-refractivity contribution in [3.05, 3.63) is 63.4 Å². The van der Waals surface area contributed by atoms with E-state index >= 15 is 0 Å². The maximum atomic E-state index is 12.5. The number of rotatable bonds is 6. The quantitative estimate of drug-likeness (QED) is 0.534. The van der Waals surface area contributed by atoms with Crippen LogP contribution in [0, 0.1) is 10.1 Å². The van der Waals surface area contributed by atoms with Crippen LogP contribution in [0.2, 0.25) is 0 Å². The molecule has 0 bridgehead atoms. The predicted octanol–water partition coefficient (Wildman–Crippen LogP) is 4.38. The van der Waals surface area contributed by atoms with Crippen LogP contribution < -0.4 is 0 Å².